The molecule has 0 atom stereocenters. The van der Waals surface area contributed by atoms with Crippen molar-refractivity contribution in [2.45, 2.75) is 0 Å². The smallest absolute Gasteiger partial charge is 0.422 e. The number of para-hydroxylation sites is 1. The molecule has 0 saturated heterocycles. The number of fused-ring (bicyclic) bond motifs is 1. The summed E-state index contributed by atoms with van der Waals surface area (Å²) in [6.45, 7) is 0. The molecular weight excluding hydrogens is 204 g/mol. The van der Waals surface area contributed by atoms with Gasteiger partial charge in [0.05, 0.1) is 11.1 Å². The maximum Gasteiger partial charge on any atom is 0.507 e. The molecule has 0 aliphatic rings. The molecule has 2 N–H and O–H groups in total. The van der Waals surface area contributed by atoms with Gasteiger partial charge in [-0.25, -0.2) is 0 Å². The molecule has 1 aromatic heterocycles. The highest BCUT2D eigenvalue weighted by Gasteiger charge is 2.19. The average molecular weight is 211 g/mol. The van der Waals surface area contributed by atoms with E-state index in [0.29, 0.717) is 5.52 Å². The predicted octanol–water partition coefficient (Wildman–Crippen LogP) is 0.702. The van der Waals surface area contributed by atoms with Gasteiger partial charge in [0.2, 0.25) is 0 Å². The Kier molecular flexibility index (Phi) is 2.49. The summed E-state index contributed by atoms with van der Waals surface area (Å²) in [6, 6.07) is 8.63. The van der Waals surface area contributed by atoms with Crippen molar-refractivity contribution >= 4 is 35.9 Å². The van der Waals surface area contributed by atoms with Crippen molar-refractivity contribution in [3.63, 3.8) is 0 Å². The van der Waals surface area contributed by atoms with E-state index in [9.17, 15) is 3.89 Å². The summed E-state index contributed by atoms with van der Waals surface area (Å²) in [7, 11) is -1.66. The van der Waals surface area contributed by atoms with E-state index in [1.165, 1.54) is 0 Å². The average Bonchev–Trinajstić information content (AvgIpc) is 2.56. The molecule has 0 spiro atoms. The number of halogens is 1. The molecule has 3 nitrogen and oxygen atoms in total. The lowest BCUT2D eigenvalue weighted by Crippen LogP contribution is -2.33. The van der Waals surface area contributed by atoms with Gasteiger partial charge >= 0.3 is 7.12 Å². The first-order valence-corrected chi connectivity index (χ1v) is 4.67. The predicted molar refractivity (Wildman–Crippen MR) is 55.9 cm³/mol. The Hall–Kier alpha value is -0.975. The van der Waals surface area contributed by atoms with Crippen LogP contribution in [0.3, 0.4) is 0 Å². The minimum atomic E-state index is -1.66. The molecule has 2 rings (SSSR count). The van der Waals surface area contributed by atoms with Crippen molar-refractivity contribution in [3.05, 3.63) is 30.3 Å². The molecule has 0 fully saturated rings. The van der Waals surface area contributed by atoms with E-state index in [0.717, 1.165) is 9.36 Å². The van der Waals surface area contributed by atoms with E-state index < -0.39 is 7.12 Å². The highest BCUT2D eigenvalue weighted by molar-refractivity contribution is 7.93. The van der Waals surface area contributed by atoms with Crippen LogP contribution in [-0.2, 0) is 0 Å². The fourth-order valence-electron chi connectivity index (χ4n) is 1.41. The van der Waals surface area contributed by atoms with Gasteiger partial charge in [0.15, 0.2) is 12.3 Å². The Morgan fingerprint density at radius 1 is 1.29 bits per heavy atom. The Morgan fingerprint density at radius 3 is 2.64 bits per heavy atom. The van der Waals surface area contributed by atoms with Gasteiger partial charge in [-0.3, -0.25) is 3.97 Å². The van der Waals surface area contributed by atoms with Crippen LogP contribution in [0.2, 0.25) is 0 Å². The summed E-state index contributed by atoms with van der Waals surface area (Å²) >= 11 is -0.0434. The summed E-state index contributed by atoms with van der Waals surface area (Å²) in [5.41, 5.74) is 0.766. The second-order valence-corrected chi connectivity index (χ2v) is 3.37. The summed E-state index contributed by atoms with van der Waals surface area (Å²) in [4.78, 5) is 0. The van der Waals surface area contributed by atoms with Crippen molar-refractivity contribution in [1.82, 2.24) is 3.97 Å². The number of nitrogens with zero attached hydrogens (tertiary/aromatic N) is 1. The van der Waals surface area contributed by atoms with Gasteiger partial charge in [0.1, 0.15) is 0 Å². The Balaban J connectivity index is 2.72. The van der Waals surface area contributed by atoms with Crippen LogP contribution in [0.5, 0.6) is 0 Å². The SMILES string of the molecule is OB(O)c1cc2ccccc2n1SF. The van der Waals surface area contributed by atoms with Gasteiger partial charge in [0.25, 0.3) is 0 Å². The van der Waals surface area contributed by atoms with E-state index in [1.807, 2.05) is 6.07 Å². The molecule has 0 aliphatic carbocycles. The third kappa shape index (κ3) is 1.41. The van der Waals surface area contributed by atoms with E-state index >= 15 is 0 Å². The summed E-state index contributed by atoms with van der Waals surface area (Å²) < 4.78 is 13.7. The summed E-state index contributed by atoms with van der Waals surface area (Å²) in [6.07, 6.45) is 0. The van der Waals surface area contributed by atoms with Gasteiger partial charge in [-0.05, 0) is 12.1 Å². The van der Waals surface area contributed by atoms with Gasteiger partial charge in [-0.1, -0.05) is 18.2 Å². The fraction of sp³-hybridized carbons (Fsp3) is 0. The molecule has 1 aromatic carbocycles. The summed E-state index contributed by atoms with van der Waals surface area (Å²) in [5, 5.41) is 18.8. The maximum atomic E-state index is 12.6. The first-order valence-electron chi connectivity index (χ1n) is 3.99. The molecule has 0 aliphatic heterocycles. The lowest BCUT2D eigenvalue weighted by atomic mass is 9.86. The number of rotatable bonds is 2. The molecule has 6 heteroatoms. The van der Waals surface area contributed by atoms with Crippen LogP contribution in [0.15, 0.2) is 30.3 Å². The topological polar surface area (TPSA) is 45.4 Å². The van der Waals surface area contributed by atoms with E-state index in [-0.39, 0.29) is 17.9 Å². The van der Waals surface area contributed by atoms with Crippen LogP contribution in [0, 0.1) is 0 Å². The third-order valence-electron chi connectivity index (χ3n) is 2.03. The second kappa shape index (κ2) is 3.64. The molecule has 0 radical (unpaired) electrons. The molecule has 14 heavy (non-hydrogen) atoms. The second-order valence-electron chi connectivity index (χ2n) is 2.87. The molecule has 72 valence electrons. The van der Waals surface area contributed by atoms with Crippen LogP contribution in [0.4, 0.5) is 3.89 Å². The normalized spacial score (nSPS) is 10.8. The van der Waals surface area contributed by atoms with E-state index in [4.69, 9.17) is 10.0 Å². The highest BCUT2D eigenvalue weighted by atomic mass is 32.2. The minimum Gasteiger partial charge on any atom is -0.422 e. The molecule has 2 aromatic rings. The fourth-order valence-corrected chi connectivity index (χ4v) is 1.88. The van der Waals surface area contributed by atoms with Crippen LogP contribution in [-0.4, -0.2) is 21.1 Å². The van der Waals surface area contributed by atoms with Crippen molar-refractivity contribution in [3.8, 4) is 0 Å². The largest absolute Gasteiger partial charge is 0.507 e. The third-order valence-corrected chi connectivity index (χ3v) is 2.57. The summed E-state index contributed by atoms with van der Waals surface area (Å²) in [5.74, 6) is 0. The van der Waals surface area contributed by atoms with Crippen molar-refractivity contribution in [2.75, 3.05) is 0 Å². The van der Waals surface area contributed by atoms with Crippen LogP contribution >= 0.6 is 12.3 Å². The van der Waals surface area contributed by atoms with Crippen LogP contribution in [0.1, 0.15) is 0 Å². The monoisotopic (exact) mass is 211 g/mol. The molecule has 1 heterocycles. The standard InChI is InChI=1S/C8H7BFNO2S/c10-14-11-7-4-2-1-3-6(7)5-8(11)9(12)13/h1-5,12-13H. The van der Waals surface area contributed by atoms with Gasteiger partial charge in [-0.15, -0.1) is 3.89 Å². The maximum absolute atomic E-state index is 12.6. The Morgan fingerprint density at radius 2 is 2.00 bits per heavy atom. The zero-order chi connectivity index (χ0) is 10.1. The van der Waals surface area contributed by atoms with Crippen LogP contribution in [0.25, 0.3) is 10.9 Å². The minimum absolute atomic E-state index is 0.0434. The van der Waals surface area contributed by atoms with Crippen molar-refractivity contribution < 1.29 is 13.9 Å². The van der Waals surface area contributed by atoms with Gasteiger partial charge in [-0.2, -0.15) is 0 Å². The number of benzene rings is 1. The molecule has 0 saturated carbocycles. The molecule has 0 unspecified atom stereocenters. The Bertz CT molecular complexity index is 460. The lowest BCUT2D eigenvalue weighted by molar-refractivity contribution is 0.424. The number of hydrogen-bond donors (Lipinski definition) is 2. The number of aromatic nitrogens is 1. The van der Waals surface area contributed by atoms with Gasteiger partial charge < -0.3 is 10.0 Å². The first kappa shape index (κ1) is 9.58. The zero-order valence-corrected chi connectivity index (χ0v) is 7.91. The Labute approximate surface area is 84.7 Å². The molecule has 0 bridgehead atoms. The highest BCUT2D eigenvalue weighted by Crippen LogP contribution is 2.19. The first-order chi connectivity index (χ1) is 6.74. The quantitative estimate of drug-likeness (QED) is 0.718. The van der Waals surface area contributed by atoms with Crippen molar-refractivity contribution in [1.29, 1.82) is 0 Å². The number of hydrogen-bond acceptors (Lipinski definition) is 3. The molecule has 0 amide bonds. The molecular formula is C8H7BFNO2S. The van der Waals surface area contributed by atoms with Gasteiger partial charge in [0, 0.05) is 5.39 Å². The van der Waals surface area contributed by atoms with Crippen molar-refractivity contribution in [2.24, 2.45) is 0 Å². The van der Waals surface area contributed by atoms with Crippen LogP contribution < -0.4 is 5.59 Å². The lowest BCUT2D eigenvalue weighted by Gasteiger charge is -2.01. The van der Waals surface area contributed by atoms with E-state index in [2.05, 4.69) is 0 Å². The zero-order valence-electron chi connectivity index (χ0n) is 7.09. The van der Waals surface area contributed by atoms with E-state index in [1.54, 1.807) is 24.3 Å².